The monoisotopic (exact) mass is 420 g/mol. The number of pyridine rings is 1. The fourth-order valence-electron chi connectivity index (χ4n) is 3.46. The number of aryl methyl sites for hydroxylation is 2. The highest BCUT2D eigenvalue weighted by molar-refractivity contribution is 5.99. The lowest BCUT2D eigenvalue weighted by atomic mass is 10.0. The van der Waals surface area contributed by atoms with Crippen molar-refractivity contribution in [2.24, 2.45) is 0 Å². The van der Waals surface area contributed by atoms with Gasteiger partial charge in [0.2, 0.25) is 0 Å². The first-order valence-corrected chi connectivity index (χ1v) is 9.85. The van der Waals surface area contributed by atoms with Gasteiger partial charge in [0.1, 0.15) is 6.04 Å². The molecule has 160 valence electrons. The van der Waals surface area contributed by atoms with Crippen LogP contribution in [0, 0.1) is 13.8 Å². The molecule has 0 fully saturated rings. The minimum absolute atomic E-state index is 0.264. The van der Waals surface area contributed by atoms with Crippen molar-refractivity contribution in [3.63, 3.8) is 0 Å². The molecule has 0 aliphatic heterocycles. The third-order valence-corrected chi connectivity index (χ3v) is 4.98. The number of para-hydroxylation sites is 1. The predicted octanol–water partition coefficient (Wildman–Crippen LogP) is 2.91. The van der Waals surface area contributed by atoms with Crippen LogP contribution in [-0.2, 0) is 25.5 Å². The SMILES string of the molecule is COC(=O)[C@@H](Cc1ccccc1)NC(=O)COC(=O)c1c(C)nc2ccccc2c1C. The van der Waals surface area contributed by atoms with Gasteiger partial charge >= 0.3 is 11.9 Å². The molecule has 2 aromatic carbocycles. The minimum Gasteiger partial charge on any atom is -0.467 e. The summed E-state index contributed by atoms with van der Waals surface area (Å²) in [6.07, 6.45) is 0.264. The van der Waals surface area contributed by atoms with Crippen LogP contribution in [0.1, 0.15) is 27.2 Å². The Balaban J connectivity index is 1.67. The molecule has 0 saturated heterocycles. The summed E-state index contributed by atoms with van der Waals surface area (Å²) in [5, 5.41) is 3.42. The molecule has 1 heterocycles. The second kappa shape index (κ2) is 9.84. The molecule has 0 unspecified atom stereocenters. The van der Waals surface area contributed by atoms with Crippen molar-refractivity contribution >= 4 is 28.7 Å². The molecule has 0 spiro atoms. The fraction of sp³-hybridized carbons (Fsp3) is 0.250. The van der Waals surface area contributed by atoms with E-state index in [0.717, 1.165) is 22.0 Å². The predicted molar refractivity (Wildman–Crippen MR) is 116 cm³/mol. The van der Waals surface area contributed by atoms with Crippen LogP contribution in [0.25, 0.3) is 10.9 Å². The molecule has 3 rings (SSSR count). The van der Waals surface area contributed by atoms with Crippen molar-refractivity contribution in [2.45, 2.75) is 26.3 Å². The van der Waals surface area contributed by atoms with E-state index in [0.29, 0.717) is 11.3 Å². The molecule has 7 nitrogen and oxygen atoms in total. The Labute approximate surface area is 180 Å². The van der Waals surface area contributed by atoms with E-state index in [1.165, 1.54) is 7.11 Å². The molecule has 0 saturated carbocycles. The molecule has 1 atom stereocenters. The molecule has 0 aliphatic carbocycles. The topological polar surface area (TPSA) is 94.6 Å². The Morgan fingerprint density at radius 2 is 1.68 bits per heavy atom. The highest BCUT2D eigenvalue weighted by Crippen LogP contribution is 2.23. The van der Waals surface area contributed by atoms with E-state index in [9.17, 15) is 14.4 Å². The Kier molecular flexibility index (Phi) is 6.97. The first kappa shape index (κ1) is 22.0. The standard InChI is InChI=1S/C24H24N2O5/c1-15-18-11-7-8-12-19(18)25-16(2)22(15)24(29)31-14-21(27)26-20(23(28)30-3)13-17-9-5-4-6-10-17/h4-12,20H,13-14H2,1-3H3,(H,26,27)/t20-/m1/s1. The molecule has 1 aromatic heterocycles. The van der Waals surface area contributed by atoms with E-state index in [2.05, 4.69) is 10.3 Å². The average Bonchev–Trinajstić information content (AvgIpc) is 2.77. The lowest BCUT2D eigenvalue weighted by molar-refractivity contribution is -0.145. The van der Waals surface area contributed by atoms with Crippen molar-refractivity contribution in [1.82, 2.24) is 10.3 Å². The van der Waals surface area contributed by atoms with Crippen molar-refractivity contribution in [3.05, 3.63) is 77.0 Å². The van der Waals surface area contributed by atoms with Crippen LogP contribution < -0.4 is 5.32 Å². The number of fused-ring (bicyclic) bond motifs is 1. The van der Waals surface area contributed by atoms with E-state index in [-0.39, 0.29) is 6.42 Å². The quantitative estimate of drug-likeness (QED) is 0.591. The van der Waals surface area contributed by atoms with Crippen LogP contribution >= 0.6 is 0 Å². The van der Waals surface area contributed by atoms with Gasteiger partial charge in [0, 0.05) is 11.8 Å². The highest BCUT2D eigenvalue weighted by Gasteiger charge is 2.24. The number of ether oxygens (including phenoxy) is 2. The third-order valence-electron chi connectivity index (χ3n) is 4.98. The molecule has 7 heteroatoms. The van der Waals surface area contributed by atoms with E-state index in [4.69, 9.17) is 9.47 Å². The number of hydrogen-bond acceptors (Lipinski definition) is 6. The summed E-state index contributed by atoms with van der Waals surface area (Å²) < 4.78 is 10.0. The summed E-state index contributed by atoms with van der Waals surface area (Å²) in [6.45, 7) is 3.02. The summed E-state index contributed by atoms with van der Waals surface area (Å²) in [4.78, 5) is 41.6. The molecular weight excluding hydrogens is 396 g/mol. The molecule has 0 radical (unpaired) electrons. The van der Waals surface area contributed by atoms with Crippen LogP contribution in [0.2, 0.25) is 0 Å². The smallest absolute Gasteiger partial charge is 0.340 e. The van der Waals surface area contributed by atoms with Crippen LogP contribution in [0.5, 0.6) is 0 Å². The zero-order valence-corrected chi connectivity index (χ0v) is 17.7. The summed E-state index contributed by atoms with van der Waals surface area (Å²) in [6, 6.07) is 15.9. The Morgan fingerprint density at radius 1 is 1.00 bits per heavy atom. The molecule has 1 N–H and O–H groups in total. The molecule has 31 heavy (non-hydrogen) atoms. The van der Waals surface area contributed by atoms with E-state index in [1.54, 1.807) is 6.92 Å². The highest BCUT2D eigenvalue weighted by atomic mass is 16.5. The summed E-state index contributed by atoms with van der Waals surface area (Å²) in [7, 11) is 1.25. The van der Waals surface area contributed by atoms with Crippen molar-refractivity contribution in [2.75, 3.05) is 13.7 Å². The number of benzene rings is 2. The Hall–Kier alpha value is -3.74. The number of amides is 1. The maximum Gasteiger partial charge on any atom is 0.340 e. The van der Waals surface area contributed by atoms with Crippen LogP contribution in [0.3, 0.4) is 0 Å². The summed E-state index contributed by atoms with van der Waals surface area (Å²) in [5.41, 5.74) is 3.25. The summed E-state index contributed by atoms with van der Waals surface area (Å²) in [5.74, 6) is -1.81. The van der Waals surface area contributed by atoms with Gasteiger partial charge in [-0.2, -0.15) is 0 Å². The van der Waals surface area contributed by atoms with Gasteiger partial charge in [0.15, 0.2) is 6.61 Å². The lowest BCUT2D eigenvalue weighted by Gasteiger charge is -2.17. The molecule has 0 bridgehead atoms. The van der Waals surface area contributed by atoms with Crippen LogP contribution in [0.4, 0.5) is 0 Å². The van der Waals surface area contributed by atoms with Gasteiger partial charge in [-0.15, -0.1) is 0 Å². The van der Waals surface area contributed by atoms with Crippen molar-refractivity contribution < 1.29 is 23.9 Å². The third kappa shape index (κ3) is 5.25. The fourth-order valence-corrected chi connectivity index (χ4v) is 3.46. The number of hydrogen-bond donors (Lipinski definition) is 1. The first-order chi connectivity index (χ1) is 14.9. The largest absolute Gasteiger partial charge is 0.467 e. The van der Waals surface area contributed by atoms with Gasteiger partial charge in [-0.3, -0.25) is 9.78 Å². The van der Waals surface area contributed by atoms with Gasteiger partial charge in [-0.05, 0) is 31.0 Å². The van der Waals surface area contributed by atoms with E-state index in [1.807, 2.05) is 61.5 Å². The lowest BCUT2D eigenvalue weighted by Crippen LogP contribution is -2.44. The Bertz CT molecular complexity index is 1110. The number of rotatable bonds is 7. The number of nitrogens with zero attached hydrogens (tertiary/aromatic N) is 1. The van der Waals surface area contributed by atoms with Gasteiger partial charge in [0.25, 0.3) is 5.91 Å². The van der Waals surface area contributed by atoms with Gasteiger partial charge in [-0.25, -0.2) is 9.59 Å². The molecule has 0 aliphatic rings. The number of methoxy groups -OCH3 is 1. The zero-order valence-electron chi connectivity index (χ0n) is 17.7. The second-order valence-corrected chi connectivity index (χ2v) is 7.12. The van der Waals surface area contributed by atoms with E-state index < -0.39 is 30.5 Å². The van der Waals surface area contributed by atoms with Gasteiger partial charge in [0.05, 0.1) is 23.9 Å². The number of nitrogens with one attached hydrogen (secondary N) is 1. The van der Waals surface area contributed by atoms with Crippen molar-refractivity contribution in [1.29, 1.82) is 0 Å². The first-order valence-electron chi connectivity index (χ1n) is 9.85. The number of esters is 2. The number of carbonyl (C=O) groups is 3. The van der Waals surface area contributed by atoms with Crippen LogP contribution in [0.15, 0.2) is 54.6 Å². The van der Waals surface area contributed by atoms with Gasteiger partial charge < -0.3 is 14.8 Å². The Morgan fingerprint density at radius 3 is 2.39 bits per heavy atom. The summed E-state index contributed by atoms with van der Waals surface area (Å²) >= 11 is 0. The molecule has 3 aromatic rings. The maximum atomic E-state index is 12.7. The van der Waals surface area contributed by atoms with Crippen LogP contribution in [-0.4, -0.2) is 42.6 Å². The zero-order chi connectivity index (χ0) is 22.4. The van der Waals surface area contributed by atoms with Crippen molar-refractivity contribution in [3.8, 4) is 0 Å². The maximum absolute atomic E-state index is 12.7. The van der Waals surface area contributed by atoms with E-state index >= 15 is 0 Å². The second-order valence-electron chi connectivity index (χ2n) is 7.12. The number of carbonyl (C=O) groups excluding carboxylic acids is 3. The minimum atomic E-state index is -0.885. The average molecular weight is 420 g/mol. The van der Waals surface area contributed by atoms with Gasteiger partial charge in [-0.1, -0.05) is 48.5 Å². The molecule has 1 amide bonds. The number of aromatic nitrogens is 1. The normalized spacial score (nSPS) is 11.6. The molecular formula is C24H24N2O5.